The average molecular weight is 301 g/mol. The maximum absolute atomic E-state index is 12.2. The summed E-state index contributed by atoms with van der Waals surface area (Å²) in [5, 5.41) is 18.0. The molecule has 0 fully saturated rings. The molecule has 0 saturated heterocycles. The highest BCUT2D eigenvalue weighted by molar-refractivity contribution is 7.10. The van der Waals surface area contributed by atoms with Crippen LogP contribution in [0.1, 0.15) is 27.2 Å². The molecule has 0 bridgehead atoms. The minimum absolute atomic E-state index is 0.0719. The van der Waals surface area contributed by atoms with E-state index >= 15 is 0 Å². The average Bonchev–Trinajstić information content (AvgIpc) is 2.95. The zero-order chi connectivity index (χ0) is 15.1. The van der Waals surface area contributed by atoms with Crippen molar-refractivity contribution >= 4 is 17.2 Å². The number of thiophene rings is 1. The molecule has 1 amide bonds. The predicted molar refractivity (Wildman–Crippen MR) is 80.7 cm³/mol. The molecule has 21 heavy (non-hydrogen) atoms. The third kappa shape index (κ3) is 4.38. The van der Waals surface area contributed by atoms with Crippen LogP contribution in [-0.4, -0.2) is 39.8 Å². The second-order valence-electron chi connectivity index (χ2n) is 4.39. The normalized spacial score (nSPS) is 9.81. The van der Waals surface area contributed by atoms with Gasteiger partial charge in [0, 0.05) is 20.0 Å². The summed E-state index contributed by atoms with van der Waals surface area (Å²) in [4.78, 5) is 14.7. The number of rotatable bonds is 4. The van der Waals surface area contributed by atoms with E-state index < -0.39 is 0 Å². The molecule has 0 aliphatic heterocycles. The summed E-state index contributed by atoms with van der Waals surface area (Å²) >= 11 is 1.53. The molecule has 0 aromatic carbocycles. The number of aromatic nitrogens is 2. The van der Waals surface area contributed by atoms with Crippen molar-refractivity contribution < 1.29 is 9.90 Å². The van der Waals surface area contributed by atoms with Gasteiger partial charge in [-0.2, -0.15) is 10.2 Å². The fourth-order valence-corrected chi connectivity index (χ4v) is 2.48. The van der Waals surface area contributed by atoms with Gasteiger partial charge in [-0.15, -0.1) is 11.3 Å². The van der Waals surface area contributed by atoms with Gasteiger partial charge in [-0.1, -0.05) is 11.8 Å². The molecule has 6 heteroatoms. The topological polar surface area (TPSA) is 66.3 Å². The Kier molecular flexibility index (Phi) is 5.43. The van der Waals surface area contributed by atoms with Crippen LogP contribution in [0.4, 0.5) is 0 Å². The second kappa shape index (κ2) is 7.53. The highest BCUT2D eigenvalue weighted by atomic mass is 32.1. The summed E-state index contributed by atoms with van der Waals surface area (Å²) in [7, 11) is 1.75. The molecule has 0 spiro atoms. The van der Waals surface area contributed by atoms with E-state index in [2.05, 4.69) is 22.0 Å². The predicted octanol–water partition coefficient (Wildman–Crippen LogP) is 1.54. The smallest absolute Gasteiger partial charge is 0.255 e. The molecular weight excluding hydrogens is 286 g/mol. The molecule has 0 saturated carbocycles. The Balaban J connectivity index is 1.99. The maximum atomic E-state index is 12.2. The zero-order valence-corrected chi connectivity index (χ0v) is 12.4. The van der Waals surface area contributed by atoms with Gasteiger partial charge in [0.2, 0.25) is 0 Å². The molecule has 108 valence electrons. The van der Waals surface area contributed by atoms with Crippen molar-refractivity contribution in [1.29, 1.82) is 0 Å². The van der Waals surface area contributed by atoms with E-state index in [0.29, 0.717) is 18.5 Å². The number of amides is 1. The minimum Gasteiger partial charge on any atom is -0.395 e. The van der Waals surface area contributed by atoms with Gasteiger partial charge < -0.3 is 10.0 Å². The van der Waals surface area contributed by atoms with Crippen LogP contribution >= 0.6 is 11.3 Å². The molecule has 0 aliphatic carbocycles. The van der Waals surface area contributed by atoms with Crippen LogP contribution in [0.25, 0.3) is 0 Å². The van der Waals surface area contributed by atoms with Crippen LogP contribution in [0.5, 0.6) is 0 Å². The van der Waals surface area contributed by atoms with Crippen LogP contribution in [-0.2, 0) is 6.54 Å². The van der Waals surface area contributed by atoms with Crippen LogP contribution in [0, 0.1) is 11.8 Å². The molecule has 2 aromatic heterocycles. The summed E-state index contributed by atoms with van der Waals surface area (Å²) in [6, 6.07) is 3.61. The molecule has 0 radical (unpaired) electrons. The first-order valence-corrected chi connectivity index (χ1v) is 7.28. The second-order valence-corrected chi connectivity index (χ2v) is 5.30. The molecule has 1 N–H and O–H groups in total. The highest BCUT2D eigenvalue weighted by Gasteiger charge is 2.12. The van der Waals surface area contributed by atoms with Crippen LogP contribution in [0.3, 0.4) is 0 Å². The van der Waals surface area contributed by atoms with Crippen molar-refractivity contribution in [1.82, 2.24) is 15.1 Å². The first kappa shape index (κ1) is 15.2. The van der Waals surface area contributed by atoms with E-state index in [1.165, 1.54) is 23.7 Å². The third-order valence-electron chi connectivity index (χ3n) is 2.70. The van der Waals surface area contributed by atoms with Crippen LogP contribution in [0.15, 0.2) is 29.9 Å². The van der Waals surface area contributed by atoms with Crippen LogP contribution < -0.4 is 0 Å². The Bertz CT molecular complexity index is 658. The lowest BCUT2D eigenvalue weighted by molar-refractivity contribution is 0.0784. The van der Waals surface area contributed by atoms with Crippen molar-refractivity contribution in [2.75, 3.05) is 13.7 Å². The van der Waals surface area contributed by atoms with Gasteiger partial charge in [0.25, 0.3) is 5.91 Å². The van der Waals surface area contributed by atoms with Crippen molar-refractivity contribution in [3.8, 4) is 11.8 Å². The van der Waals surface area contributed by atoms with E-state index in [4.69, 9.17) is 5.11 Å². The van der Waals surface area contributed by atoms with Gasteiger partial charge in [0.15, 0.2) is 0 Å². The number of aliphatic hydroxyl groups excluding tert-OH is 1. The molecule has 5 nitrogen and oxygen atoms in total. The standard InChI is InChI=1S/C15H15N3O2S/c1-18(15(20)13-5-6-16-17-9-13)10-12-8-14(21-11-12)4-2-3-7-19/h5-6,8-9,11,19H,3,7,10H2,1H3. The number of carbonyl (C=O) groups excluding carboxylic acids is 1. The van der Waals surface area contributed by atoms with Crippen molar-refractivity contribution in [2.45, 2.75) is 13.0 Å². The summed E-state index contributed by atoms with van der Waals surface area (Å²) in [5.41, 5.74) is 1.55. The number of hydrogen-bond acceptors (Lipinski definition) is 5. The molecule has 0 atom stereocenters. The Morgan fingerprint density at radius 1 is 1.48 bits per heavy atom. The van der Waals surface area contributed by atoms with Crippen molar-refractivity contribution in [2.24, 2.45) is 0 Å². The molecular formula is C15H15N3O2S. The van der Waals surface area contributed by atoms with Crippen molar-refractivity contribution in [3.63, 3.8) is 0 Å². The lowest BCUT2D eigenvalue weighted by Gasteiger charge is -2.15. The molecule has 2 rings (SSSR count). The molecule has 0 unspecified atom stereocenters. The summed E-state index contributed by atoms with van der Waals surface area (Å²) in [6.07, 6.45) is 3.43. The van der Waals surface area contributed by atoms with Gasteiger partial charge >= 0.3 is 0 Å². The Labute approximate surface area is 127 Å². The summed E-state index contributed by atoms with van der Waals surface area (Å²) in [5.74, 6) is 5.77. The number of carbonyl (C=O) groups is 1. The summed E-state index contributed by atoms with van der Waals surface area (Å²) < 4.78 is 0. The summed E-state index contributed by atoms with van der Waals surface area (Å²) in [6.45, 7) is 0.585. The maximum Gasteiger partial charge on any atom is 0.255 e. The fraction of sp³-hybridized carbons (Fsp3) is 0.267. The van der Waals surface area contributed by atoms with Gasteiger partial charge in [-0.25, -0.2) is 0 Å². The number of aliphatic hydroxyl groups is 1. The minimum atomic E-state index is -0.0935. The molecule has 2 heterocycles. The van der Waals surface area contributed by atoms with E-state index in [1.807, 2.05) is 11.4 Å². The van der Waals surface area contributed by atoms with E-state index in [-0.39, 0.29) is 12.5 Å². The Hall–Kier alpha value is -2.23. The Morgan fingerprint density at radius 3 is 3.05 bits per heavy atom. The highest BCUT2D eigenvalue weighted by Crippen LogP contribution is 2.16. The van der Waals surface area contributed by atoms with Crippen LogP contribution in [0.2, 0.25) is 0 Å². The van der Waals surface area contributed by atoms with Gasteiger partial charge in [0.05, 0.1) is 29.4 Å². The first-order chi connectivity index (χ1) is 10.2. The van der Waals surface area contributed by atoms with Gasteiger partial charge in [-0.3, -0.25) is 4.79 Å². The number of nitrogens with zero attached hydrogens (tertiary/aromatic N) is 3. The van der Waals surface area contributed by atoms with E-state index in [0.717, 1.165) is 10.4 Å². The largest absolute Gasteiger partial charge is 0.395 e. The quantitative estimate of drug-likeness (QED) is 0.870. The third-order valence-corrected chi connectivity index (χ3v) is 3.59. The first-order valence-electron chi connectivity index (χ1n) is 6.40. The Morgan fingerprint density at radius 2 is 2.33 bits per heavy atom. The lowest BCUT2D eigenvalue weighted by Crippen LogP contribution is -2.26. The molecule has 2 aromatic rings. The molecule has 0 aliphatic rings. The monoisotopic (exact) mass is 301 g/mol. The zero-order valence-electron chi connectivity index (χ0n) is 11.6. The number of hydrogen-bond donors (Lipinski definition) is 1. The van der Waals surface area contributed by atoms with Crippen molar-refractivity contribution in [3.05, 3.63) is 45.9 Å². The fourth-order valence-electron chi connectivity index (χ4n) is 1.71. The van der Waals surface area contributed by atoms with E-state index in [1.54, 1.807) is 18.0 Å². The SMILES string of the molecule is CN(Cc1csc(C#CCCO)c1)C(=O)c1ccnnc1. The van der Waals surface area contributed by atoms with Gasteiger partial charge in [-0.05, 0) is 23.1 Å². The van der Waals surface area contributed by atoms with Gasteiger partial charge in [0.1, 0.15) is 0 Å². The lowest BCUT2D eigenvalue weighted by atomic mass is 10.2. The van der Waals surface area contributed by atoms with E-state index in [9.17, 15) is 4.79 Å².